The minimum atomic E-state index is 0.446. The molecule has 0 aromatic heterocycles. The number of nitrogens with zero attached hydrogens (tertiary/aromatic N) is 1. The fourth-order valence-electron chi connectivity index (χ4n) is 2.83. The van der Waals surface area contributed by atoms with E-state index in [-0.39, 0.29) is 0 Å². The number of aryl methyl sites for hydroxylation is 2. The van der Waals surface area contributed by atoms with Crippen LogP contribution in [0.4, 0.5) is 0 Å². The predicted molar refractivity (Wildman–Crippen MR) is 79.6 cm³/mol. The van der Waals surface area contributed by atoms with E-state index < -0.39 is 0 Å². The number of morpholine rings is 1. The van der Waals surface area contributed by atoms with E-state index in [1.807, 2.05) is 0 Å². The summed E-state index contributed by atoms with van der Waals surface area (Å²) in [5.41, 5.74) is 4.11. The molecule has 3 heteroatoms. The molecule has 0 amide bonds. The summed E-state index contributed by atoms with van der Waals surface area (Å²) in [5, 5.41) is 3.45. The summed E-state index contributed by atoms with van der Waals surface area (Å²) in [6, 6.07) is 7.28. The molecule has 3 nitrogen and oxygen atoms in total. The molecule has 0 radical (unpaired) electrons. The van der Waals surface area contributed by atoms with Crippen molar-refractivity contribution in [1.82, 2.24) is 10.2 Å². The Kier molecular flexibility index (Phi) is 5.37. The standard InChI is InChI=1S/C16H26N2O/c1-13-10-14(2)12-15(11-13)16(17-3)4-5-18-6-8-19-9-7-18/h10-12,16-17H,4-9H2,1-3H3. The summed E-state index contributed by atoms with van der Waals surface area (Å²) < 4.78 is 5.39. The summed E-state index contributed by atoms with van der Waals surface area (Å²) in [5.74, 6) is 0. The molecule has 1 aliphatic rings. The van der Waals surface area contributed by atoms with Crippen molar-refractivity contribution in [3.05, 3.63) is 34.9 Å². The van der Waals surface area contributed by atoms with E-state index in [2.05, 4.69) is 49.3 Å². The van der Waals surface area contributed by atoms with Crippen molar-refractivity contribution in [1.29, 1.82) is 0 Å². The van der Waals surface area contributed by atoms with E-state index in [4.69, 9.17) is 4.74 Å². The molecule has 1 fully saturated rings. The van der Waals surface area contributed by atoms with Crippen molar-refractivity contribution in [3.63, 3.8) is 0 Å². The van der Waals surface area contributed by atoms with Gasteiger partial charge in [0, 0.05) is 25.7 Å². The third-order valence-electron chi connectivity index (χ3n) is 3.83. The zero-order valence-corrected chi connectivity index (χ0v) is 12.4. The van der Waals surface area contributed by atoms with Crippen LogP contribution in [-0.4, -0.2) is 44.8 Å². The molecule has 1 unspecified atom stereocenters. The van der Waals surface area contributed by atoms with Crippen LogP contribution in [0.1, 0.15) is 29.2 Å². The van der Waals surface area contributed by atoms with E-state index in [1.165, 1.54) is 16.7 Å². The summed E-state index contributed by atoms with van der Waals surface area (Å²) in [7, 11) is 2.06. The van der Waals surface area contributed by atoms with Crippen LogP contribution in [0.25, 0.3) is 0 Å². The van der Waals surface area contributed by atoms with Crippen molar-refractivity contribution in [2.75, 3.05) is 39.9 Å². The monoisotopic (exact) mass is 262 g/mol. The molecule has 0 spiro atoms. The topological polar surface area (TPSA) is 24.5 Å². The molecule has 1 aliphatic heterocycles. The molecule has 1 heterocycles. The second kappa shape index (κ2) is 7.04. The Morgan fingerprint density at radius 3 is 2.37 bits per heavy atom. The van der Waals surface area contributed by atoms with Gasteiger partial charge in [0.05, 0.1) is 13.2 Å². The average Bonchev–Trinajstić information content (AvgIpc) is 2.39. The number of hydrogen-bond donors (Lipinski definition) is 1. The normalized spacial score (nSPS) is 18.5. The highest BCUT2D eigenvalue weighted by molar-refractivity contribution is 5.30. The van der Waals surface area contributed by atoms with Gasteiger partial charge in [-0.1, -0.05) is 29.3 Å². The number of ether oxygens (including phenoxy) is 1. The van der Waals surface area contributed by atoms with Gasteiger partial charge in [-0.15, -0.1) is 0 Å². The van der Waals surface area contributed by atoms with Gasteiger partial charge >= 0.3 is 0 Å². The molecular formula is C16H26N2O. The van der Waals surface area contributed by atoms with Crippen molar-refractivity contribution in [2.45, 2.75) is 26.3 Å². The van der Waals surface area contributed by atoms with Gasteiger partial charge in [-0.05, 0) is 32.9 Å². The van der Waals surface area contributed by atoms with Gasteiger partial charge < -0.3 is 10.1 Å². The number of rotatable bonds is 5. The fraction of sp³-hybridized carbons (Fsp3) is 0.625. The fourth-order valence-corrected chi connectivity index (χ4v) is 2.83. The van der Waals surface area contributed by atoms with Crippen LogP contribution in [0.2, 0.25) is 0 Å². The third-order valence-corrected chi connectivity index (χ3v) is 3.83. The lowest BCUT2D eigenvalue weighted by Gasteiger charge is -2.28. The molecule has 1 atom stereocenters. The highest BCUT2D eigenvalue weighted by Gasteiger charge is 2.14. The summed E-state index contributed by atoms with van der Waals surface area (Å²) in [6.45, 7) is 9.40. The molecule has 0 bridgehead atoms. The van der Waals surface area contributed by atoms with Crippen LogP contribution in [0.3, 0.4) is 0 Å². The highest BCUT2D eigenvalue weighted by atomic mass is 16.5. The lowest BCUT2D eigenvalue weighted by atomic mass is 9.99. The SMILES string of the molecule is CNC(CCN1CCOCC1)c1cc(C)cc(C)c1. The van der Waals surface area contributed by atoms with Gasteiger partial charge in [-0.2, -0.15) is 0 Å². The average molecular weight is 262 g/mol. The van der Waals surface area contributed by atoms with Crippen molar-refractivity contribution in [3.8, 4) is 0 Å². The van der Waals surface area contributed by atoms with E-state index in [9.17, 15) is 0 Å². The molecule has 1 aromatic carbocycles. The molecule has 106 valence electrons. The van der Waals surface area contributed by atoms with Crippen LogP contribution in [0, 0.1) is 13.8 Å². The number of benzene rings is 1. The number of nitrogens with one attached hydrogen (secondary N) is 1. The van der Waals surface area contributed by atoms with Crippen LogP contribution >= 0.6 is 0 Å². The molecule has 0 aliphatic carbocycles. The summed E-state index contributed by atoms with van der Waals surface area (Å²) >= 11 is 0. The molecule has 0 saturated carbocycles. The van der Waals surface area contributed by atoms with E-state index >= 15 is 0 Å². The molecule has 1 N–H and O–H groups in total. The van der Waals surface area contributed by atoms with E-state index in [1.54, 1.807) is 0 Å². The van der Waals surface area contributed by atoms with E-state index in [0.717, 1.165) is 39.3 Å². The highest BCUT2D eigenvalue weighted by Crippen LogP contribution is 2.20. The third kappa shape index (κ3) is 4.30. The minimum absolute atomic E-state index is 0.446. The Hall–Kier alpha value is -0.900. The van der Waals surface area contributed by atoms with E-state index in [0.29, 0.717) is 6.04 Å². The maximum Gasteiger partial charge on any atom is 0.0594 e. The molecule has 1 saturated heterocycles. The summed E-state index contributed by atoms with van der Waals surface area (Å²) in [6.07, 6.45) is 1.15. The first-order valence-corrected chi connectivity index (χ1v) is 7.24. The Labute approximate surface area is 116 Å². The van der Waals surface area contributed by atoms with Gasteiger partial charge in [-0.3, -0.25) is 4.90 Å². The number of hydrogen-bond acceptors (Lipinski definition) is 3. The van der Waals surface area contributed by atoms with Crippen molar-refractivity contribution < 1.29 is 4.74 Å². The Morgan fingerprint density at radius 2 is 1.79 bits per heavy atom. The zero-order chi connectivity index (χ0) is 13.7. The van der Waals surface area contributed by atoms with Crippen LogP contribution in [0.15, 0.2) is 18.2 Å². The molecule has 19 heavy (non-hydrogen) atoms. The van der Waals surface area contributed by atoms with Crippen molar-refractivity contribution in [2.24, 2.45) is 0 Å². The lowest BCUT2D eigenvalue weighted by Crippen LogP contribution is -2.38. The first-order chi connectivity index (χ1) is 9.19. The lowest BCUT2D eigenvalue weighted by molar-refractivity contribution is 0.0362. The minimum Gasteiger partial charge on any atom is -0.379 e. The van der Waals surface area contributed by atoms with Gasteiger partial charge in [0.25, 0.3) is 0 Å². The molecule has 2 rings (SSSR count). The largest absolute Gasteiger partial charge is 0.379 e. The van der Waals surface area contributed by atoms with Crippen LogP contribution in [-0.2, 0) is 4.74 Å². The molecular weight excluding hydrogens is 236 g/mol. The first-order valence-electron chi connectivity index (χ1n) is 7.24. The zero-order valence-electron chi connectivity index (χ0n) is 12.4. The second-order valence-electron chi connectivity index (χ2n) is 5.50. The van der Waals surface area contributed by atoms with Crippen molar-refractivity contribution >= 4 is 0 Å². The maximum atomic E-state index is 5.39. The van der Waals surface area contributed by atoms with Crippen LogP contribution in [0.5, 0.6) is 0 Å². The van der Waals surface area contributed by atoms with Crippen LogP contribution < -0.4 is 5.32 Å². The summed E-state index contributed by atoms with van der Waals surface area (Å²) in [4.78, 5) is 2.50. The maximum absolute atomic E-state index is 5.39. The Bertz CT molecular complexity index is 379. The Morgan fingerprint density at radius 1 is 1.16 bits per heavy atom. The first kappa shape index (κ1) is 14.5. The smallest absolute Gasteiger partial charge is 0.0594 e. The second-order valence-corrected chi connectivity index (χ2v) is 5.50. The van der Waals surface area contributed by atoms with Gasteiger partial charge in [0.15, 0.2) is 0 Å². The Balaban J connectivity index is 1.95. The quantitative estimate of drug-likeness (QED) is 0.881. The van der Waals surface area contributed by atoms with Gasteiger partial charge in [0.2, 0.25) is 0 Å². The van der Waals surface area contributed by atoms with Gasteiger partial charge in [0.1, 0.15) is 0 Å². The molecule has 1 aromatic rings. The predicted octanol–water partition coefficient (Wildman–Crippen LogP) is 2.29. The van der Waals surface area contributed by atoms with Gasteiger partial charge in [-0.25, -0.2) is 0 Å².